The van der Waals surface area contributed by atoms with Crippen LogP contribution in [0.2, 0.25) is 0 Å². The molecule has 0 radical (unpaired) electrons. The number of nitrogens with one attached hydrogen (secondary N) is 2. The van der Waals surface area contributed by atoms with Gasteiger partial charge in [-0.2, -0.15) is 0 Å². The molecule has 3 aromatic rings. The summed E-state index contributed by atoms with van der Waals surface area (Å²) in [6, 6.07) is 20.3. The van der Waals surface area contributed by atoms with Gasteiger partial charge in [0.15, 0.2) is 0 Å². The minimum atomic E-state index is -0.460. The molecule has 5 rings (SSSR count). The zero-order valence-corrected chi connectivity index (χ0v) is 15.9. The second kappa shape index (κ2) is 7.35. The molecule has 29 heavy (non-hydrogen) atoms. The van der Waals surface area contributed by atoms with Gasteiger partial charge in [-0.1, -0.05) is 54.6 Å². The molecular formula is C24H22N2O3. The van der Waals surface area contributed by atoms with Gasteiger partial charge in [-0.05, 0) is 45.0 Å². The zero-order chi connectivity index (χ0) is 19.8. The molecule has 0 saturated heterocycles. The van der Waals surface area contributed by atoms with Crippen molar-refractivity contribution in [3.63, 3.8) is 0 Å². The van der Waals surface area contributed by atoms with Crippen molar-refractivity contribution in [2.24, 2.45) is 0 Å². The van der Waals surface area contributed by atoms with E-state index in [0.29, 0.717) is 13.1 Å². The van der Waals surface area contributed by atoms with Gasteiger partial charge in [-0.3, -0.25) is 5.32 Å². The number of rotatable bonds is 4. The molecule has 146 valence electrons. The number of carbonyl (C=O) groups is 1. The summed E-state index contributed by atoms with van der Waals surface area (Å²) < 4.78 is 5.64. The van der Waals surface area contributed by atoms with Crippen LogP contribution in [0.25, 0.3) is 11.1 Å². The summed E-state index contributed by atoms with van der Waals surface area (Å²) in [5, 5.41) is 15.7. The number of amides is 1. The first-order chi connectivity index (χ1) is 14.3. The first-order valence-electron chi connectivity index (χ1n) is 9.83. The standard InChI is InChI=1S/C24H22N2O3/c27-13-15-9-10-23(21-12-25-11-20(15)21)26-24(28)29-14-22-18-7-3-1-5-16(18)17-6-2-4-8-19(17)22/h1-10,22,25,27H,11-14H2,(H,26,28). The minimum absolute atomic E-state index is 0.00472. The van der Waals surface area contributed by atoms with E-state index in [1.807, 2.05) is 36.4 Å². The van der Waals surface area contributed by atoms with Crippen molar-refractivity contribution in [2.75, 3.05) is 11.9 Å². The lowest BCUT2D eigenvalue weighted by molar-refractivity contribution is 0.158. The average Bonchev–Trinajstić information content (AvgIpc) is 3.36. The van der Waals surface area contributed by atoms with Gasteiger partial charge >= 0.3 is 6.09 Å². The largest absolute Gasteiger partial charge is 0.448 e. The number of benzene rings is 3. The Morgan fingerprint density at radius 1 is 0.966 bits per heavy atom. The fourth-order valence-electron chi connectivity index (χ4n) is 4.49. The summed E-state index contributed by atoms with van der Waals surface area (Å²) in [6.07, 6.45) is -0.460. The maximum atomic E-state index is 12.5. The van der Waals surface area contributed by atoms with Crippen LogP contribution in [0.3, 0.4) is 0 Å². The lowest BCUT2D eigenvalue weighted by Gasteiger charge is -2.16. The third-order valence-electron chi connectivity index (χ3n) is 5.88. The zero-order valence-electron chi connectivity index (χ0n) is 15.9. The first-order valence-corrected chi connectivity index (χ1v) is 9.83. The molecule has 0 fully saturated rings. The molecule has 0 unspecified atom stereocenters. The number of hydrogen-bond donors (Lipinski definition) is 3. The van der Waals surface area contributed by atoms with Crippen LogP contribution in [0.5, 0.6) is 0 Å². The fourth-order valence-corrected chi connectivity index (χ4v) is 4.49. The maximum absolute atomic E-state index is 12.5. The van der Waals surface area contributed by atoms with Gasteiger partial charge in [0.25, 0.3) is 0 Å². The third-order valence-corrected chi connectivity index (χ3v) is 5.88. The Kier molecular flexibility index (Phi) is 4.54. The Hall–Kier alpha value is -3.15. The number of ether oxygens (including phenoxy) is 1. The lowest BCUT2D eigenvalue weighted by Crippen LogP contribution is -2.19. The van der Waals surface area contributed by atoms with Gasteiger partial charge in [0.1, 0.15) is 6.61 Å². The molecule has 2 aliphatic rings. The van der Waals surface area contributed by atoms with E-state index in [0.717, 1.165) is 22.4 Å². The number of carbonyl (C=O) groups excluding carboxylic acids is 1. The van der Waals surface area contributed by atoms with Crippen molar-refractivity contribution in [1.29, 1.82) is 0 Å². The fraction of sp³-hybridized carbons (Fsp3) is 0.208. The molecular weight excluding hydrogens is 364 g/mol. The second-order valence-corrected chi connectivity index (χ2v) is 7.44. The Balaban J connectivity index is 1.33. The number of fused-ring (bicyclic) bond motifs is 4. The predicted molar refractivity (Wildman–Crippen MR) is 112 cm³/mol. The van der Waals surface area contributed by atoms with Crippen LogP contribution in [-0.4, -0.2) is 17.8 Å². The van der Waals surface area contributed by atoms with E-state index in [2.05, 4.69) is 34.9 Å². The normalized spacial score (nSPS) is 14.2. The maximum Gasteiger partial charge on any atom is 0.411 e. The van der Waals surface area contributed by atoms with Crippen LogP contribution in [-0.2, 0) is 24.4 Å². The quantitative estimate of drug-likeness (QED) is 0.630. The van der Waals surface area contributed by atoms with Crippen LogP contribution in [0, 0.1) is 0 Å². The topological polar surface area (TPSA) is 70.6 Å². The van der Waals surface area contributed by atoms with Crippen LogP contribution in [0.15, 0.2) is 60.7 Å². The molecule has 5 heteroatoms. The molecule has 0 atom stereocenters. The molecule has 1 heterocycles. The van der Waals surface area contributed by atoms with E-state index in [1.54, 1.807) is 0 Å². The van der Waals surface area contributed by atoms with Gasteiger partial charge in [0.05, 0.1) is 6.61 Å². The first kappa shape index (κ1) is 17.9. The third kappa shape index (κ3) is 3.09. The monoisotopic (exact) mass is 386 g/mol. The second-order valence-electron chi connectivity index (χ2n) is 7.44. The number of hydrogen-bond acceptors (Lipinski definition) is 4. The highest BCUT2D eigenvalue weighted by molar-refractivity contribution is 5.86. The number of aliphatic hydroxyl groups excluding tert-OH is 1. The Labute approximate surface area is 169 Å². The highest BCUT2D eigenvalue weighted by atomic mass is 16.5. The molecule has 0 spiro atoms. The minimum Gasteiger partial charge on any atom is -0.448 e. The highest BCUT2D eigenvalue weighted by Gasteiger charge is 2.29. The summed E-state index contributed by atoms with van der Waals surface area (Å²) in [5.74, 6) is 0.0392. The lowest BCUT2D eigenvalue weighted by atomic mass is 9.98. The summed E-state index contributed by atoms with van der Waals surface area (Å²) in [7, 11) is 0. The molecule has 1 amide bonds. The predicted octanol–water partition coefficient (Wildman–Crippen LogP) is 4.14. The summed E-state index contributed by atoms with van der Waals surface area (Å²) in [5.41, 5.74) is 8.51. The van der Waals surface area contributed by atoms with Crippen LogP contribution in [0.1, 0.15) is 33.7 Å². The molecule has 0 saturated carbocycles. The molecule has 0 aromatic heterocycles. The van der Waals surface area contributed by atoms with Crippen LogP contribution >= 0.6 is 0 Å². The van der Waals surface area contributed by atoms with E-state index in [1.165, 1.54) is 22.3 Å². The Morgan fingerprint density at radius 3 is 2.31 bits per heavy atom. The van der Waals surface area contributed by atoms with Crippen molar-refractivity contribution in [3.05, 3.63) is 88.5 Å². The summed E-state index contributed by atoms with van der Waals surface area (Å²) in [6.45, 7) is 1.65. The van der Waals surface area contributed by atoms with Gasteiger partial charge < -0.3 is 15.2 Å². The van der Waals surface area contributed by atoms with Crippen molar-refractivity contribution in [1.82, 2.24) is 5.32 Å². The molecule has 3 aromatic carbocycles. The SMILES string of the molecule is O=C(Nc1ccc(CO)c2c1CNC2)OCC1c2ccccc2-c2ccccc21. The molecule has 1 aliphatic carbocycles. The van der Waals surface area contributed by atoms with Crippen molar-refractivity contribution in [2.45, 2.75) is 25.6 Å². The van der Waals surface area contributed by atoms with E-state index >= 15 is 0 Å². The van der Waals surface area contributed by atoms with E-state index in [4.69, 9.17) is 4.74 Å². The number of aliphatic hydroxyl groups is 1. The molecule has 3 N–H and O–H groups in total. The van der Waals surface area contributed by atoms with E-state index < -0.39 is 6.09 Å². The van der Waals surface area contributed by atoms with Gasteiger partial charge in [0.2, 0.25) is 0 Å². The Morgan fingerprint density at radius 2 is 1.62 bits per heavy atom. The van der Waals surface area contributed by atoms with Gasteiger partial charge in [0, 0.05) is 24.7 Å². The summed E-state index contributed by atoms with van der Waals surface area (Å²) in [4.78, 5) is 12.5. The van der Waals surface area contributed by atoms with Crippen LogP contribution < -0.4 is 10.6 Å². The number of anilines is 1. The molecule has 0 bridgehead atoms. The van der Waals surface area contributed by atoms with Crippen molar-refractivity contribution < 1.29 is 14.6 Å². The smallest absolute Gasteiger partial charge is 0.411 e. The van der Waals surface area contributed by atoms with Crippen molar-refractivity contribution in [3.8, 4) is 11.1 Å². The molecule has 5 nitrogen and oxygen atoms in total. The van der Waals surface area contributed by atoms with Crippen molar-refractivity contribution >= 4 is 11.8 Å². The summed E-state index contributed by atoms with van der Waals surface area (Å²) >= 11 is 0. The Bertz CT molecular complexity index is 1050. The molecule has 1 aliphatic heterocycles. The van der Waals surface area contributed by atoms with Crippen LogP contribution in [0.4, 0.5) is 10.5 Å². The van der Waals surface area contributed by atoms with E-state index in [9.17, 15) is 9.90 Å². The average molecular weight is 386 g/mol. The van der Waals surface area contributed by atoms with E-state index in [-0.39, 0.29) is 19.1 Å². The van der Waals surface area contributed by atoms with Gasteiger partial charge in [-0.25, -0.2) is 4.79 Å². The highest BCUT2D eigenvalue weighted by Crippen LogP contribution is 2.44. The van der Waals surface area contributed by atoms with Gasteiger partial charge in [-0.15, -0.1) is 0 Å².